The van der Waals surface area contributed by atoms with Gasteiger partial charge in [0.2, 0.25) is 0 Å². The van der Waals surface area contributed by atoms with Crippen LogP contribution in [0.5, 0.6) is 0 Å². The van der Waals surface area contributed by atoms with Gasteiger partial charge in [-0.25, -0.2) is 0 Å². The van der Waals surface area contributed by atoms with Crippen molar-refractivity contribution >= 4 is 5.69 Å². The first-order chi connectivity index (χ1) is 7.83. The average Bonchev–Trinajstić information content (AvgIpc) is 2.31. The van der Waals surface area contributed by atoms with E-state index in [1.54, 1.807) is 5.56 Å². The van der Waals surface area contributed by atoms with Crippen molar-refractivity contribution < 1.29 is 0 Å². The van der Waals surface area contributed by atoms with E-state index >= 15 is 0 Å². The lowest BCUT2D eigenvalue weighted by molar-refractivity contribution is 0.710. The highest BCUT2D eigenvalue weighted by atomic mass is 15.1. The molecular weight excluding hydrogens is 196 g/mol. The summed E-state index contributed by atoms with van der Waals surface area (Å²) < 4.78 is 0. The predicted octanol–water partition coefficient (Wildman–Crippen LogP) is 2.35. The first-order valence-electron chi connectivity index (χ1n) is 6.35. The third-order valence-corrected chi connectivity index (χ3v) is 3.48. The number of nitrogens with two attached hydrogens (primary N) is 1. The number of hydrogen-bond donors (Lipinski definition) is 1. The molecule has 16 heavy (non-hydrogen) atoms. The van der Waals surface area contributed by atoms with Crippen molar-refractivity contribution in [3.05, 3.63) is 29.3 Å². The Kier molecular flexibility index (Phi) is 3.83. The molecule has 0 aromatic heterocycles. The molecule has 1 aromatic carbocycles. The van der Waals surface area contributed by atoms with Crippen LogP contribution in [0.2, 0.25) is 0 Å². The normalized spacial score (nSPS) is 15.0. The molecule has 1 heterocycles. The summed E-state index contributed by atoms with van der Waals surface area (Å²) in [6, 6.07) is 6.73. The highest BCUT2D eigenvalue weighted by Gasteiger charge is 2.15. The van der Waals surface area contributed by atoms with E-state index in [2.05, 4.69) is 30.1 Å². The average molecular weight is 218 g/mol. The molecule has 2 N–H and O–H groups in total. The van der Waals surface area contributed by atoms with Crippen molar-refractivity contribution in [1.29, 1.82) is 0 Å². The maximum Gasteiger partial charge on any atom is 0.0398 e. The summed E-state index contributed by atoms with van der Waals surface area (Å²) in [5.74, 6) is 0. The van der Waals surface area contributed by atoms with Crippen LogP contribution in [0.1, 0.15) is 30.4 Å². The molecule has 2 nitrogen and oxygen atoms in total. The molecule has 0 spiro atoms. The van der Waals surface area contributed by atoms with Gasteiger partial charge >= 0.3 is 0 Å². The van der Waals surface area contributed by atoms with Crippen molar-refractivity contribution in [2.45, 2.75) is 32.1 Å². The van der Waals surface area contributed by atoms with Crippen molar-refractivity contribution in [1.82, 2.24) is 0 Å². The summed E-state index contributed by atoms with van der Waals surface area (Å²) in [5, 5.41) is 0. The number of anilines is 1. The van der Waals surface area contributed by atoms with Gasteiger partial charge in [0.15, 0.2) is 0 Å². The standard InChI is InChI=1S/C14H22N2/c1-16-11-5-8-13-12(6-2-3-10-15)7-4-9-14(13)16/h4,7,9H,2-3,5-6,8,10-11,15H2,1H3. The third kappa shape index (κ3) is 2.38. The molecule has 0 saturated heterocycles. The minimum absolute atomic E-state index is 0.814. The third-order valence-electron chi connectivity index (χ3n) is 3.48. The van der Waals surface area contributed by atoms with Crippen LogP contribution in [0, 0.1) is 0 Å². The van der Waals surface area contributed by atoms with Crippen LogP contribution in [-0.4, -0.2) is 20.1 Å². The molecule has 1 aromatic rings. The van der Waals surface area contributed by atoms with E-state index in [0.29, 0.717) is 0 Å². The minimum atomic E-state index is 0.814. The van der Waals surface area contributed by atoms with Crippen molar-refractivity contribution in [3.63, 3.8) is 0 Å². The van der Waals surface area contributed by atoms with E-state index < -0.39 is 0 Å². The van der Waals surface area contributed by atoms with Gasteiger partial charge in [-0.3, -0.25) is 0 Å². The van der Waals surface area contributed by atoms with Crippen LogP contribution in [0.3, 0.4) is 0 Å². The van der Waals surface area contributed by atoms with Crippen molar-refractivity contribution in [2.75, 3.05) is 25.0 Å². The van der Waals surface area contributed by atoms with Crippen molar-refractivity contribution in [3.8, 4) is 0 Å². The van der Waals surface area contributed by atoms with E-state index in [1.807, 2.05) is 0 Å². The molecule has 0 atom stereocenters. The summed E-state index contributed by atoms with van der Waals surface area (Å²) >= 11 is 0. The Morgan fingerprint density at radius 1 is 1.31 bits per heavy atom. The Labute approximate surface area is 98.4 Å². The molecule has 0 fully saturated rings. The van der Waals surface area contributed by atoms with Gasteiger partial charge in [0.1, 0.15) is 0 Å². The van der Waals surface area contributed by atoms with E-state index in [9.17, 15) is 0 Å². The number of nitrogens with zero attached hydrogens (tertiary/aromatic N) is 1. The summed E-state index contributed by atoms with van der Waals surface area (Å²) in [4.78, 5) is 2.38. The fraction of sp³-hybridized carbons (Fsp3) is 0.571. The van der Waals surface area contributed by atoms with Crippen molar-refractivity contribution in [2.24, 2.45) is 5.73 Å². The summed E-state index contributed by atoms with van der Waals surface area (Å²) in [5.41, 5.74) is 10.1. The van der Waals surface area contributed by atoms with Crippen LogP contribution >= 0.6 is 0 Å². The number of fused-ring (bicyclic) bond motifs is 1. The van der Waals surface area contributed by atoms with Gasteiger partial charge in [0.25, 0.3) is 0 Å². The van der Waals surface area contributed by atoms with Gasteiger partial charge in [0, 0.05) is 19.3 Å². The number of benzene rings is 1. The maximum absolute atomic E-state index is 5.54. The lowest BCUT2D eigenvalue weighted by atomic mass is 9.94. The predicted molar refractivity (Wildman–Crippen MR) is 70.0 cm³/mol. The highest BCUT2D eigenvalue weighted by molar-refractivity contribution is 5.58. The second-order valence-electron chi connectivity index (χ2n) is 4.69. The topological polar surface area (TPSA) is 29.3 Å². The Balaban J connectivity index is 2.15. The molecule has 0 saturated carbocycles. The van der Waals surface area contributed by atoms with Crippen LogP contribution in [-0.2, 0) is 12.8 Å². The molecule has 1 aliphatic heterocycles. The molecule has 0 radical (unpaired) electrons. The molecule has 2 heteroatoms. The largest absolute Gasteiger partial charge is 0.374 e. The molecule has 88 valence electrons. The summed E-state index contributed by atoms with van der Waals surface area (Å²) in [6.45, 7) is 2.01. The molecule has 0 aliphatic carbocycles. The number of unbranched alkanes of at least 4 members (excludes halogenated alkanes) is 1. The molecule has 2 rings (SSSR count). The molecule has 0 amide bonds. The Morgan fingerprint density at radius 2 is 2.19 bits per heavy atom. The molecular formula is C14H22N2. The highest BCUT2D eigenvalue weighted by Crippen LogP contribution is 2.29. The van der Waals surface area contributed by atoms with E-state index in [4.69, 9.17) is 5.73 Å². The SMILES string of the molecule is CN1CCCc2c(CCCCN)cccc21. The number of aryl methyl sites for hydroxylation is 1. The van der Waals surface area contributed by atoms with Gasteiger partial charge in [-0.15, -0.1) is 0 Å². The quantitative estimate of drug-likeness (QED) is 0.786. The first kappa shape index (κ1) is 11.5. The van der Waals surface area contributed by atoms with Gasteiger partial charge < -0.3 is 10.6 Å². The van der Waals surface area contributed by atoms with E-state index in [-0.39, 0.29) is 0 Å². The van der Waals surface area contributed by atoms with Crippen LogP contribution in [0.25, 0.3) is 0 Å². The van der Waals surface area contributed by atoms with Crippen LogP contribution in [0.4, 0.5) is 5.69 Å². The lowest BCUT2D eigenvalue weighted by Gasteiger charge is -2.29. The lowest BCUT2D eigenvalue weighted by Crippen LogP contribution is -2.25. The Hall–Kier alpha value is -1.02. The molecule has 1 aliphatic rings. The fourth-order valence-electron chi connectivity index (χ4n) is 2.57. The number of rotatable bonds is 4. The fourth-order valence-corrected chi connectivity index (χ4v) is 2.57. The number of hydrogen-bond acceptors (Lipinski definition) is 2. The summed E-state index contributed by atoms with van der Waals surface area (Å²) in [6.07, 6.45) is 6.08. The van der Waals surface area contributed by atoms with Gasteiger partial charge in [-0.1, -0.05) is 12.1 Å². The minimum Gasteiger partial charge on any atom is -0.374 e. The zero-order chi connectivity index (χ0) is 11.4. The van der Waals surface area contributed by atoms with Crippen LogP contribution in [0.15, 0.2) is 18.2 Å². The van der Waals surface area contributed by atoms with Crippen LogP contribution < -0.4 is 10.6 Å². The van der Waals surface area contributed by atoms with Gasteiger partial charge in [-0.05, 0) is 55.8 Å². The second-order valence-corrected chi connectivity index (χ2v) is 4.69. The maximum atomic E-state index is 5.54. The summed E-state index contributed by atoms with van der Waals surface area (Å²) in [7, 11) is 2.20. The smallest absolute Gasteiger partial charge is 0.0398 e. The molecule has 0 bridgehead atoms. The zero-order valence-electron chi connectivity index (χ0n) is 10.2. The van der Waals surface area contributed by atoms with Gasteiger partial charge in [0.05, 0.1) is 0 Å². The van der Waals surface area contributed by atoms with E-state index in [0.717, 1.165) is 13.0 Å². The monoisotopic (exact) mass is 218 g/mol. The zero-order valence-corrected chi connectivity index (χ0v) is 10.2. The first-order valence-corrected chi connectivity index (χ1v) is 6.35. The van der Waals surface area contributed by atoms with Gasteiger partial charge in [-0.2, -0.15) is 0 Å². The Bertz CT molecular complexity index is 347. The van der Waals surface area contributed by atoms with E-state index in [1.165, 1.54) is 43.5 Å². The Morgan fingerprint density at radius 3 is 3.00 bits per heavy atom. The second kappa shape index (κ2) is 5.35. The molecule has 0 unspecified atom stereocenters.